The Hall–Kier alpha value is 3.12. The molecular weight excluding hydrogens is 353 g/mol. The smallest absolute Gasteiger partial charge is 0 e. The topological polar surface area (TPSA) is 0 Å². The van der Waals surface area contributed by atoms with Gasteiger partial charge >= 0.3 is 0 Å². The quantitative estimate of drug-likeness (QED) is 0.624. The van der Waals surface area contributed by atoms with Crippen LogP contribution in [0.15, 0.2) is 0 Å². The zero-order chi connectivity index (χ0) is 0. The molecule has 52 valence electrons. The van der Waals surface area contributed by atoms with Crippen molar-refractivity contribution in [2.24, 2.45) is 0 Å². The van der Waals surface area contributed by atoms with Crippen LogP contribution in [0.4, 0.5) is 0 Å². The van der Waals surface area contributed by atoms with E-state index in [1.54, 1.807) is 0 Å². The van der Waals surface area contributed by atoms with Gasteiger partial charge in [-0.1, -0.05) is 0 Å². The molecule has 0 rings (SSSR count). The second-order valence-corrected chi connectivity index (χ2v) is 0. The Bertz CT molecular complexity index is 4.14. The first-order valence-electron chi connectivity index (χ1n) is 0. The first kappa shape index (κ1) is 86.6. The zero-order valence-corrected chi connectivity index (χ0v) is 11.0. The summed E-state index contributed by atoms with van der Waals surface area (Å²) in [5.41, 5.74) is 0. The van der Waals surface area contributed by atoms with Crippen LogP contribution in [0.3, 0.4) is 0 Å². The van der Waals surface area contributed by atoms with Gasteiger partial charge in [-0.05, 0) is 0 Å². The molecule has 0 aliphatic rings. The summed E-state index contributed by atoms with van der Waals surface area (Å²) in [4.78, 5) is 0. The van der Waals surface area contributed by atoms with E-state index in [9.17, 15) is 0 Å². The minimum absolute atomic E-state index is 0. The van der Waals surface area contributed by atoms with Crippen molar-refractivity contribution in [3.05, 3.63) is 0 Å². The average molecular weight is 359 g/mol. The second kappa shape index (κ2) is 61.8. The van der Waals surface area contributed by atoms with E-state index < -0.39 is 0 Å². The van der Waals surface area contributed by atoms with Crippen LogP contribution in [0.2, 0.25) is 0 Å². The van der Waals surface area contributed by atoms with Crippen molar-refractivity contribution in [2.45, 2.75) is 0 Å². The molecule has 0 aliphatic heterocycles. The summed E-state index contributed by atoms with van der Waals surface area (Å²) < 4.78 is 0. The van der Waals surface area contributed by atoms with Gasteiger partial charge in [-0.25, -0.2) is 0 Å². The molecule has 7 heavy (non-hydrogen) atoms. The maximum atomic E-state index is 0. The van der Waals surface area contributed by atoms with E-state index in [0.29, 0.717) is 0 Å². The predicted molar refractivity (Wildman–Crippen MR) is 43.5 cm³/mol. The van der Waals surface area contributed by atoms with Crippen molar-refractivity contribution in [3.63, 3.8) is 0 Å². The van der Waals surface area contributed by atoms with Gasteiger partial charge in [0.2, 0.25) is 0 Å². The van der Waals surface area contributed by atoms with Gasteiger partial charge in [0.25, 0.3) is 0 Å². The van der Waals surface area contributed by atoms with Crippen molar-refractivity contribution >= 4 is 74.4 Å². The molecule has 0 atom stereocenters. The minimum atomic E-state index is 0. The van der Waals surface area contributed by atoms with Gasteiger partial charge in [0.05, 0.1) is 0 Å². The molecule has 0 N–H and O–H groups in total. The summed E-state index contributed by atoms with van der Waals surface area (Å²) >= 11 is 0. The molecule has 7 heteroatoms. The Labute approximate surface area is 114 Å². The SMILES string of the molecule is Cl.Cl.Cl.Cl.Cl.Cl.[Ce]. The number of halogens is 6. The summed E-state index contributed by atoms with van der Waals surface area (Å²) in [5.74, 6) is 0. The third kappa shape index (κ3) is 47.5. The van der Waals surface area contributed by atoms with E-state index >= 15 is 0 Å². The Morgan fingerprint density at radius 2 is 0.286 bits per heavy atom. The maximum absolute atomic E-state index is 0. The van der Waals surface area contributed by atoms with E-state index in [1.807, 2.05) is 0 Å². The van der Waals surface area contributed by atoms with Crippen LogP contribution in [-0.4, -0.2) is 0 Å². The third-order valence-corrected chi connectivity index (χ3v) is 0. The van der Waals surface area contributed by atoms with Crippen LogP contribution < -0.4 is 0 Å². The molecular formula is H6CeCl6. The molecule has 0 fully saturated rings. The van der Waals surface area contributed by atoms with E-state index in [4.69, 9.17) is 0 Å². The molecule has 0 nitrogen and oxygen atoms in total. The molecule has 0 heterocycles. The molecule has 0 amide bonds. The first-order chi connectivity index (χ1) is 0. The Morgan fingerprint density at radius 3 is 0.286 bits per heavy atom. The molecule has 0 saturated carbocycles. The fourth-order valence-corrected chi connectivity index (χ4v) is 0. The van der Waals surface area contributed by atoms with Crippen molar-refractivity contribution in [3.8, 4) is 0 Å². The Kier molecular flexibility index (Phi) is 765. The summed E-state index contributed by atoms with van der Waals surface area (Å²) in [6.45, 7) is 0. The van der Waals surface area contributed by atoms with Crippen molar-refractivity contribution < 1.29 is 41.7 Å². The molecule has 0 aliphatic carbocycles. The molecule has 0 aromatic rings. The van der Waals surface area contributed by atoms with Crippen LogP contribution in [0.25, 0.3) is 0 Å². The summed E-state index contributed by atoms with van der Waals surface area (Å²) in [7, 11) is 0. The molecule has 0 spiro atoms. The van der Waals surface area contributed by atoms with Gasteiger partial charge in [0, 0.05) is 41.7 Å². The van der Waals surface area contributed by atoms with Gasteiger partial charge in [-0.3, -0.25) is 0 Å². The van der Waals surface area contributed by atoms with Crippen molar-refractivity contribution in [2.75, 3.05) is 0 Å². The van der Waals surface area contributed by atoms with Crippen LogP contribution >= 0.6 is 74.4 Å². The van der Waals surface area contributed by atoms with Gasteiger partial charge in [-0.2, -0.15) is 0 Å². The average Bonchev–Trinajstić information content (AvgIpc) is 0. The molecule has 0 aromatic carbocycles. The van der Waals surface area contributed by atoms with Crippen molar-refractivity contribution in [1.82, 2.24) is 0 Å². The number of rotatable bonds is 0. The third-order valence-electron chi connectivity index (χ3n) is 0. The standard InChI is InChI=1S/Ce.6ClH/h;6*1H. The van der Waals surface area contributed by atoms with Gasteiger partial charge < -0.3 is 0 Å². The Morgan fingerprint density at radius 1 is 0.286 bits per heavy atom. The largest absolute Gasteiger partial charge is 0.147 e. The molecule has 0 unspecified atom stereocenters. The van der Waals surface area contributed by atoms with Crippen LogP contribution in [0, 0.1) is 41.7 Å². The Balaban J connectivity index is 0. The van der Waals surface area contributed by atoms with E-state index in [0.717, 1.165) is 0 Å². The summed E-state index contributed by atoms with van der Waals surface area (Å²) in [6.07, 6.45) is 0. The number of hydrogen-bond donors (Lipinski definition) is 0. The molecule has 0 saturated heterocycles. The second-order valence-electron chi connectivity index (χ2n) is 0. The van der Waals surface area contributed by atoms with Gasteiger partial charge in [-0.15, -0.1) is 74.4 Å². The minimum Gasteiger partial charge on any atom is -0.147 e. The fourth-order valence-electron chi connectivity index (χ4n) is 0. The van der Waals surface area contributed by atoms with E-state index in [1.165, 1.54) is 0 Å². The van der Waals surface area contributed by atoms with E-state index in [-0.39, 0.29) is 116 Å². The molecule has 0 radical (unpaired) electrons. The van der Waals surface area contributed by atoms with Gasteiger partial charge in [0.1, 0.15) is 0 Å². The predicted octanol–water partition coefficient (Wildman–Crippen LogP) is 2.53. The number of hydrogen-bond acceptors (Lipinski definition) is 0. The molecule has 0 bridgehead atoms. The normalized spacial score (nSPS) is 0. The monoisotopic (exact) mass is 356 g/mol. The van der Waals surface area contributed by atoms with Crippen LogP contribution in [0.1, 0.15) is 0 Å². The fraction of sp³-hybridized carbons (Fsp3) is 0. The zero-order valence-electron chi connectivity index (χ0n) is 2.95. The van der Waals surface area contributed by atoms with E-state index in [2.05, 4.69) is 0 Å². The summed E-state index contributed by atoms with van der Waals surface area (Å²) in [6, 6.07) is 0. The van der Waals surface area contributed by atoms with Crippen LogP contribution in [-0.2, 0) is 0 Å². The van der Waals surface area contributed by atoms with Crippen molar-refractivity contribution in [1.29, 1.82) is 0 Å². The first-order valence-corrected chi connectivity index (χ1v) is 0. The molecule has 0 aromatic heterocycles. The van der Waals surface area contributed by atoms with Crippen LogP contribution in [0.5, 0.6) is 0 Å². The summed E-state index contributed by atoms with van der Waals surface area (Å²) in [5, 5.41) is 0. The van der Waals surface area contributed by atoms with Gasteiger partial charge in [0.15, 0.2) is 0 Å². The maximum Gasteiger partial charge on any atom is 0 e.